The molecule has 2 rings (SSSR count). The number of amides is 1. The molecule has 2 aromatic rings. The van der Waals surface area contributed by atoms with Crippen molar-refractivity contribution in [3.05, 3.63) is 48.0 Å². The minimum Gasteiger partial charge on any atom is -0.497 e. The number of rotatable bonds is 10. The zero-order valence-electron chi connectivity index (χ0n) is 17.2. The van der Waals surface area contributed by atoms with Gasteiger partial charge in [0.2, 0.25) is 0 Å². The maximum Gasteiger partial charge on any atom is 0.261 e. The zero-order valence-corrected chi connectivity index (χ0v) is 17.2. The number of ether oxygens (including phenoxy) is 4. The molecule has 0 heterocycles. The molecule has 2 aromatic carbocycles. The number of carbonyl (C=O) groups excluding carboxylic acids is 1. The summed E-state index contributed by atoms with van der Waals surface area (Å²) in [5.41, 5.74) is 0.949. The van der Waals surface area contributed by atoms with Crippen molar-refractivity contribution in [2.75, 3.05) is 21.3 Å². The van der Waals surface area contributed by atoms with Crippen LogP contribution in [0.5, 0.6) is 23.0 Å². The zero-order chi connectivity index (χ0) is 20.5. The Kier molecular flexibility index (Phi) is 7.99. The van der Waals surface area contributed by atoms with Crippen LogP contribution < -0.4 is 24.3 Å². The number of methoxy groups -OCH3 is 3. The van der Waals surface area contributed by atoms with Gasteiger partial charge in [-0.05, 0) is 42.7 Å². The fraction of sp³-hybridized carbons (Fsp3) is 0.409. The molecule has 1 N–H and O–H groups in total. The maximum absolute atomic E-state index is 12.8. The maximum atomic E-state index is 12.8. The van der Waals surface area contributed by atoms with Crippen molar-refractivity contribution in [2.45, 2.75) is 38.8 Å². The summed E-state index contributed by atoms with van der Waals surface area (Å²) in [6.07, 6.45) is 0.684. The van der Waals surface area contributed by atoms with Gasteiger partial charge in [-0.2, -0.15) is 0 Å². The smallest absolute Gasteiger partial charge is 0.261 e. The van der Waals surface area contributed by atoms with Crippen LogP contribution in [0.15, 0.2) is 42.5 Å². The second-order valence-corrected chi connectivity index (χ2v) is 6.28. The molecule has 0 saturated carbocycles. The van der Waals surface area contributed by atoms with E-state index in [-0.39, 0.29) is 11.9 Å². The summed E-state index contributed by atoms with van der Waals surface area (Å²) in [4.78, 5) is 12.8. The lowest BCUT2D eigenvalue weighted by Crippen LogP contribution is -2.39. The van der Waals surface area contributed by atoms with Crippen LogP contribution in [-0.4, -0.2) is 33.3 Å². The molecule has 0 radical (unpaired) electrons. The predicted octanol–water partition coefficient (Wildman–Crippen LogP) is 4.14. The van der Waals surface area contributed by atoms with Gasteiger partial charge in [-0.15, -0.1) is 0 Å². The summed E-state index contributed by atoms with van der Waals surface area (Å²) in [5, 5.41) is 3.08. The Morgan fingerprint density at radius 3 is 2.21 bits per heavy atom. The van der Waals surface area contributed by atoms with Crippen molar-refractivity contribution in [3.63, 3.8) is 0 Å². The van der Waals surface area contributed by atoms with Crippen LogP contribution in [0, 0.1) is 0 Å². The van der Waals surface area contributed by atoms with E-state index >= 15 is 0 Å². The summed E-state index contributed by atoms with van der Waals surface area (Å²) in [6.45, 7) is 3.94. The molecule has 152 valence electrons. The molecule has 0 aliphatic carbocycles. The highest BCUT2D eigenvalue weighted by molar-refractivity contribution is 5.81. The molecule has 6 nitrogen and oxygen atoms in total. The minimum atomic E-state index is -0.596. The van der Waals surface area contributed by atoms with E-state index in [2.05, 4.69) is 5.32 Å². The molecule has 6 heteroatoms. The van der Waals surface area contributed by atoms with E-state index in [0.717, 1.165) is 12.0 Å². The first-order valence-corrected chi connectivity index (χ1v) is 9.39. The first-order valence-electron chi connectivity index (χ1n) is 9.39. The van der Waals surface area contributed by atoms with Crippen LogP contribution in [0.3, 0.4) is 0 Å². The number of nitrogens with one attached hydrogen (secondary N) is 1. The van der Waals surface area contributed by atoms with Gasteiger partial charge >= 0.3 is 0 Å². The van der Waals surface area contributed by atoms with E-state index in [1.807, 2.05) is 50.2 Å². The van der Waals surface area contributed by atoms with Gasteiger partial charge in [-0.3, -0.25) is 4.79 Å². The van der Waals surface area contributed by atoms with Gasteiger partial charge in [0, 0.05) is 6.07 Å². The van der Waals surface area contributed by atoms with Crippen LogP contribution in [-0.2, 0) is 4.79 Å². The van der Waals surface area contributed by atoms with Gasteiger partial charge < -0.3 is 24.3 Å². The van der Waals surface area contributed by atoms with E-state index in [1.54, 1.807) is 27.4 Å². The molecule has 0 aliphatic rings. The van der Waals surface area contributed by atoms with Crippen molar-refractivity contribution in [1.82, 2.24) is 5.32 Å². The molecule has 0 unspecified atom stereocenters. The molecule has 0 saturated heterocycles. The Labute approximate surface area is 166 Å². The third kappa shape index (κ3) is 5.31. The van der Waals surface area contributed by atoms with Crippen molar-refractivity contribution in [1.29, 1.82) is 0 Å². The molecule has 0 aromatic heterocycles. The number of hydrogen-bond acceptors (Lipinski definition) is 5. The summed E-state index contributed by atoms with van der Waals surface area (Å²) in [5.74, 6) is 2.41. The first-order chi connectivity index (χ1) is 13.6. The van der Waals surface area contributed by atoms with Gasteiger partial charge in [0.15, 0.2) is 17.6 Å². The highest BCUT2D eigenvalue weighted by Crippen LogP contribution is 2.31. The lowest BCUT2D eigenvalue weighted by molar-refractivity contribution is -0.129. The van der Waals surface area contributed by atoms with Crippen molar-refractivity contribution >= 4 is 5.91 Å². The van der Waals surface area contributed by atoms with Gasteiger partial charge in [-0.1, -0.05) is 26.0 Å². The predicted molar refractivity (Wildman–Crippen MR) is 108 cm³/mol. The van der Waals surface area contributed by atoms with Crippen molar-refractivity contribution in [3.8, 4) is 23.0 Å². The van der Waals surface area contributed by atoms with Gasteiger partial charge in [0.1, 0.15) is 11.5 Å². The quantitative estimate of drug-likeness (QED) is 0.664. The Morgan fingerprint density at radius 1 is 0.893 bits per heavy atom. The Balaban J connectivity index is 2.12. The number of hydrogen-bond donors (Lipinski definition) is 1. The van der Waals surface area contributed by atoms with Crippen LogP contribution in [0.4, 0.5) is 0 Å². The first kappa shape index (κ1) is 21.4. The topological polar surface area (TPSA) is 66.0 Å². The highest BCUT2D eigenvalue weighted by Gasteiger charge is 2.23. The average molecular weight is 387 g/mol. The van der Waals surface area contributed by atoms with Crippen molar-refractivity contribution < 1.29 is 23.7 Å². The molecule has 28 heavy (non-hydrogen) atoms. The summed E-state index contributed by atoms with van der Waals surface area (Å²) in [7, 11) is 4.78. The third-order valence-electron chi connectivity index (χ3n) is 4.52. The van der Waals surface area contributed by atoms with E-state index in [9.17, 15) is 4.79 Å². The number of benzene rings is 2. The van der Waals surface area contributed by atoms with E-state index < -0.39 is 6.10 Å². The molecule has 0 aliphatic heterocycles. The Bertz CT molecular complexity index is 777. The molecule has 1 amide bonds. The second kappa shape index (κ2) is 10.4. The van der Waals surface area contributed by atoms with Crippen LogP contribution >= 0.6 is 0 Å². The van der Waals surface area contributed by atoms with Gasteiger partial charge in [0.25, 0.3) is 5.91 Å². The minimum absolute atomic E-state index is 0.157. The monoisotopic (exact) mass is 387 g/mol. The van der Waals surface area contributed by atoms with E-state index in [4.69, 9.17) is 18.9 Å². The molecule has 0 bridgehead atoms. The van der Waals surface area contributed by atoms with Crippen molar-refractivity contribution in [2.24, 2.45) is 0 Å². The molecule has 0 spiro atoms. The SMILES string of the molecule is CC[C@H](Oc1cccc(OC)c1)C(=O)N[C@H](CC)c1ccc(OC)c(OC)c1. The molecule has 0 fully saturated rings. The third-order valence-corrected chi connectivity index (χ3v) is 4.52. The summed E-state index contributed by atoms with van der Waals surface area (Å²) >= 11 is 0. The van der Waals surface area contributed by atoms with Crippen LogP contribution in [0.1, 0.15) is 38.3 Å². The highest BCUT2D eigenvalue weighted by atomic mass is 16.5. The molecular weight excluding hydrogens is 358 g/mol. The Hall–Kier alpha value is -2.89. The molecule has 2 atom stereocenters. The van der Waals surface area contributed by atoms with E-state index in [0.29, 0.717) is 29.4 Å². The van der Waals surface area contributed by atoms with Gasteiger partial charge in [-0.25, -0.2) is 0 Å². The van der Waals surface area contributed by atoms with E-state index in [1.165, 1.54) is 0 Å². The summed E-state index contributed by atoms with van der Waals surface area (Å²) < 4.78 is 21.8. The standard InChI is InChI=1S/C22H29NO5/c1-6-18(15-11-12-20(26-4)21(13-15)27-5)23-22(24)19(7-2)28-17-10-8-9-16(14-17)25-3/h8-14,18-19H,6-7H2,1-5H3,(H,23,24)/t18-,19+/m1/s1. The lowest BCUT2D eigenvalue weighted by Gasteiger charge is -2.23. The fourth-order valence-electron chi connectivity index (χ4n) is 2.92. The fourth-order valence-corrected chi connectivity index (χ4v) is 2.92. The van der Waals surface area contributed by atoms with Crippen LogP contribution in [0.25, 0.3) is 0 Å². The second-order valence-electron chi connectivity index (χ2n) is 6.28. The Morgan fingerprint density at radius 2 is 1.61 bits per heavy atom. The normalized spacial score (nSPS) is 12.6. The lowest BCUT2D eigenvalue weighted by atomic mass is 10.0. The largest absolute Gasteiger partial charge is 0.497 e. The average Bonchev–Trinajstić information content (AvgIpc) is 2.75. The van der Waals surface area contributed by atoms with Crippen LogP contribution in [0.2, 0.25) is 0 Å². The summed E-state index contributed by atoms with van der Waals surface area (Å²) in [6, 6.07) is 12.7. The molecular formula is C22H29NO5. The number of carbonyl (C=O) groups is 1. The van der Waals surface area contributed by atoms with Gasteiger partial charge in [0.05, 0.1) is 27.4 Å².